The molecule has 2 bridgehead atoms. The second-order valence-electron chi connectivity index (χ2n) is 8.87. The molecule has 1 amide bonds. The van der Waals surface area contributed by atoms with E-state index in [1.807, 2.05) is 22.0 Å². The molecule has 6 nitrogen and oxygen atoms in total. The summed E-state index contributed by atoms with van der Waals surface area (Å²) in [6.07, 6.45) is 1.96. The molecule has 2 saturated heterocycles. The van der Waals surface area contributed by atoms with Crippen LogP contribution in [0.2, 0.25) is 0 Å². The van der Waals surface area contributed by atoms with Crippen molar-refractivity contribution < 1.29 is 9.53 Å². The van der Waals surface area contributed by atoms with Crippen LogP contribution in [0.4, 0.5) is 0 Å². The van der Waals surface area contributed by atoms with Gasteiger partial charge in [0.15, 0.2) is 0 Å². The largest absolute Gasteiger partial charge is 0.380 e. The van der Waals surface area contributed by atoms with Gasteiger partial charge in [0.05, 0.1) is 6.61 Å². The van der Waals surface area contributed by atoms with Crippen LogP contribution in [0.15, 0.2) is 28.4 Å². The molecular formula is C23H29N3O3S. The lowest BCUT2D eigenvalue weighted by Gasteiger charge is -2.43. The second kappa shape index (κ2) is 8.29. The molecule has 0 aliphatic carbocycles. The summed E-state index contributed by atoms with van der Waals surface area (Å²) < 4.78 is 7.35. The zero-order chi connectivity index (χ0) is 20.7. The topological polar surface area (TPSA) is 54.8 Å². The standard InChI is InChI=1S/C23H29N3O3S/c1-16-5-10-30-21(16)15-24-12-17-11-18(14-24)20-4-3-19(23(28)26(20)13-17)22(27)25-6-2-8-29-9-7-25/h3-5,10,17-18H,2,6-9,11-15H2,1H3/t17-,18+/m0/s1. The van der Waals surface area contributed by atoms with E-state index in [4.69, 9.17) is 4.74 Å². The van der Waals surface area contributed by atoms with Crippen molar-refractivity contribution in [2.75, 3.05) is 39.4 Å². The molecule has 5 rings (SSSR count). The van der Waals surface area contributed by atoms with Gasteiger partial charge in [-0.15, -0.1) is 11.3 Å². The van der Waals surface area contributed by atoms with E-state index < -0.39 is 0 Å². The van der Waals surface area contributed by atoms with Crippen LogP contribution in [0.3, 0.4) is 0 Å². The van der Waals surface area contributed by atoms with Gasteiger partial charge in [-0.25, -0.2) is 0 Å². The first-order valence-corrected chi connectivity index (χ1v) is 11.8. The Morgan fingerprint density at radius 3 is 2.90 bits per heavy atom. The Kier molecular flexibility index (Phi) is 5.52. The van der Waals surface area contributed by atoms with Crippen LogP contribution in [0.5, 0.6) is 0 Å². The summed E-state index contributed by atoms with van der Waals surface area (Å²) in [5, 5.41) is 2.17. The summed E-state index contributed by atoms with van der Waals surface area (Å²) in [6, 6.07) is 5.99. The summed E-state index contributed by atoms with van der Waals surface area (Å²) in [5.41, 5.74) is 2.67. The molecule has 0 N–H and O–H groups in total. The second-order valence-corrected chi connectivity index (χ2v) is 9.87. The molecule has 0 aromatic carbocycles. The normalized spacial score (nSPS) is 24.4. The fraction of sp³-hybridized carbons (Fsp3) is 0.565. The Bertz CT molecular complexity index is 990. The molecule has 2 atom stereocenters. The summed E-state index contributed by atoms with van der Waals surface area (Å²) in [7, 11) is 0. The van der Waals surface area contributed by atoms with Gasteiger partial charge in [-0.3, -0.25) is 14.5 Å². The fourth-order valence-corrected chi connectivity index (χ4v) is 6.17. The number of hydrogen-bond acceptors (Lipinski definition) is 5. The molecule has 2 aromatic rings. The van der Waals surface area contributed by atoms with Crippen LogP contribution in [0, 0.1) is 12.8 Å². The smallest absolute Gasteiger partial charge is 0.263 e. The van der Waals surface area contributed by atoms with Crippen LogP contribution >= 0.6 is 11.3 Å². The van der Waals surface area contributed by atoms with E-state index in [9.17, 15) is 9.59 Å². The lowest BCUT2D eigenvalue weighted by molar-refractivity contribution is 0.0736. The molecule has 7 heteroatoms. The number of carbonyl (C=O) groups excluding carboxylic acids is 1. The SMILES string of the molecule is Cc1ccsc1CN1C[C@@H]2C[C@H](C1)c1ccc(C(=O)N3CCCOCC3)c(=O)n1C2. The molecule has 2 fully saturated rings. The summed E-state index contributed by atoms with van der Waals surface area (Å²) in [5.74, 6) is 0.679. The van der Waals surface area contributed by atoms with Gasteiger partial charge in [-0.05, 0) is 54.8 Å². The Morgan fingerprint density at radius 2 is 2.07 bits per heavy atom. The van der Waals surface area contributed by atoms with Crippen LogP contribution < -0.4 is 5.56 Å². The maximum atomic E-state index is 13.3. The molecule has 3 aliphatic rings. The number of likely N-dealkylation sites (tertiary alicyclic amines) is 1. The number of amides is 1. The van der Waals surface area contributed by atoms with Crippen LogP contribution in [0.1, 0.15) is 45.3 Å². The Morgan fingerprint density at radius 1 is 1.17 bits per heavy atom. The molecule has 0 saturated carbocycles. The molecule has 0 spiro atoms. The molecule has 0 radical (unpaired) electrons. The number of nitrogens with zero attached hydrogens (tertiary/aromatic N) is 3. The minimum Gasteiger partial charge on any atom is -0.380 e. The van der Waals surface area contributed by atoms with Crippen LogP contribution in [-0.4, -0.2) is 59.7 Å². The van der Waals surface area contributed by atoms with Crippen LogP contribution in [-0.2, 0) is 17.8 Å². The molecule has 2 aromatic heterocycles. The van der Waals surface area contributed by atoms with E-state index in [0.717, 1.165) is 44.7 Å². The maximum absolute atomic E-state index is 13.3. The van der Waals surface area contributed by atoms with E-state index in [0.29, 0.717) is 43.7 Å². The fourth-order valence-electron chi connectivity index (χ4n) is 5.23. The minimum atomic E-state index is -0.147. The van der Waals surface area contributed by atoms with Crippen molar-refractivity contribution in [3.05, 3.63) is 55.6 Å². The van der Waals surface area contributed by atoms with E-state index in [1.54, 1.807) is 11.0 Å². The van der Waals surface area contributed by atoms with Crippen molar-refractivity contribution >= 4 is 17.2 Å². The number of piperidine rings is 1. The molecule has 0 unspecified atom stereocenters. The number of ether oxygens (including phenoxy) is 1. The van der Waals surface area contributed by atoms with E-state index in [-0.39, 0.29) is 11.5 Å². The third-order valence-corrected chi connectivity index (χ3v) is 7.76. The van der Waals surface area contributed by atoms with Crippen molar-refractivity contribution in [2.24, 2.45) is 5.92 Å². The van der Waals surface area contributed by atoms with Crippen molar-refractivity contribution in [1.29, 1.82) is 0 Å². The molecule has 30 heavy (non-hydrogen) atoms. The summed E-state index contributed by atoms with van der Waals surface area (Å²) in [4.78, 5) is 32.0. The molecular weight excluding hydrogens is 398 g/mol. The van der Waals surface area contributed by atoms with E-state index in [2.05, 4.69) is 23.3 Å². The van der Waals surface area contributed by atoms with Gasteiger partial charge in [-0.2, -0.15) is 0 Å². The average molecular weight is 428 g/mol. The summed E-state index contributed by atoms with van der Waals surface area (Å²) in [6.45, 7) is 8.32. The van der Waals surface area contributed by atoms with Gasteiger partial charge in [0, 0.05) is 62.4 Å². The van der Waals surface area contributed by atoms with Crippen molar-refractivity contribution in [1.82, 2.24) is 14.4 Å². The first kappa shape index (κ1) is 20.0. The minimum absolute atomic E-state index is 0.111. The van der Waals surface area contributed by atoms with Crippen molar-refractivity contribution in [3.63, 3.8) is 0 Å². The molecule has 5 heterocycles. The van der Waals surface area contributed by atoms with E-state index >= 15 is 0 Å². The maximum Gasteiger partial charge on any atom is 0.263 e. The number of aromatic nitrogens is 1. The first-order valence-electron chi connectivity index (χ1n) is 11.0. The Labute approximate surface area is 181 Å². The number of hydrogen-bond donors (Lipinski definition) is 0. The highest BCUT2D eigenvalue weighted by atomic mass is 32.1. The van der Waals surface area contributed by atoms with Gasteiger partial charge < -0.3 is 14.2 Å². The number of thiophene rings is 1. The average Bonchev–Trinajstić information content (AvgIpc) is 2.97. The predicted octanol–water partition coefficient (Wildman–Crippen LogP) is 2.70. The monoisotopic (exact) mass is 427 g/mol. The zero-order valence-corrected chi connectivity index (χ0v) is 18.3. The van der Waals surface area contributed by atoms with E-state index in [1.165, 1.54) is 10.4 Å². The van der Waals surface area contributed by atoms with Gasteiger partial charge >= 0.3 is 0 Å². The number of rotatable bonds is 3. The van der Waals surface area contributed by atoms with Crippen molar-refractivity contribution in [2.45, 2.75) is 38.8 Å². The predicted molar refractivity (Wildman–Crippen MR) is 117 cm³/mol. The molecule has 160 valence electrons. The van der Waals surface area contributed by atoms with Gasteiger partial charge in [0.2, 0.25) is 0 Å². The summed E-state index contributed by atoms with van der Waals surface area (Å²) >= 11 is 1.83. The van der Waals surface area contributed by atoms with Crippen LogP contribution in [0.25, 0.3) is 0 Å². The number of aryl methyl sites for hydroxylation is 1. The quantitative estimate of drug-likeness (QED) is 0.756. The number of carbonyl (C=O) groups is 1. The highest BCUT2D eigenvalue weighted by molar-refractivity contribution is 7.10. The Hall–Kier alpha value is -1.96. The lowest BCUT2D eigenvalue weighted by Crippen LogP contribution is -2.48. The third-order valence-electron chi connectivity index (χ3n) is 6.76. The van der Waals surface area contributed by atoms with Crippen molar-refractivity contribution in [3.8, 4) is 0 Å². The lowest BCUT2D eigenvalue weighted by atomic mass is 9.83. The zero-order valence-electron chi connectivity index (χ0n) is 17.5. The molecule has 3 aliphatic heterocycles. The Balaban J connectivity index is 1.37. The van der Waals surface area contributed by atoms with Gasteiger partial charge in [0.1, 0.15) is 5.56 Å². The highest BCUT2D eigenvalue weighted by Gasteiger charge is 2.36. The first-order chi connectivity index (χ1) is 14.6. The number of pyridine rings is 1. The highest BCUT2D eigenvalue weighted by Crippen LogP contribution is 2.36. The van der Waals surface area contributed by atoms with Gasteiger partial charge in [-0.1, -0.05) is 0 Å². The number of fused-ring (bicyclic) bond motifs is 4. The van der Waals surface area contributed by atoms with Gasteiger partial charge in [0.25, 0.3) is 11.5 Å². The third kappa shape index (κ3) is 3.74.